The summed E-state index contributed by atoms with van der Waals surface area (Å²) in [7, 11) is 0. The van der Waals surface area contributed by atoms with Crippen molar-refractivity contribution in [2.45, 2.75) is 58.2 Å². The molecule has 2 fully saturated rings. The Hall–Kier alpha value is -2.06. The molecule has 1 aliphatic carbocycles. The van der Waals surface area contributed by atoms with Gasteiger partial charge < -0.3 is 4.90 Å². The van der Waals surface area contributed by atoms with Crippen LogP contribution in [0, 0.1) is 19.8 Å². The molecule has 2 unspecified atom stereocenters. The van der Waals surface area contributed by atoms with Gasteiger partial charge in [0.1, 0.15) is 6.04 Å². The van der Waals surface area contributed by atoms with Crippen LogP contribution in [0.4, 0.5) is 0 Å². The third-order valence-electron chi connectivity index (χ3n) is 5.84. The highest BCUT2D eigenvalue weighted by Gasteiger charge is 2.32. The van der Waals surface area contributed by atoms with Crippen LogP contribution in [0.25, 0.3) is 0 Å². The molecule has 0 radical (unpaired) electrons. The van der Waals surface area contributed by atoms with E-state index in [-0.39, 0.29) is 18.0 Å². The summed E-state index contributed by atoms with van der Waals surface area (Å²) in [5.74, 6) is 1.58. The number of thiophene rings is 1. The number of rotatable bonds is 7. The number of carbonyl (C=O) groups is 1. The molecule has 0 aromatic carbocycles. The largest absolute Gasteiger partial charge is 0.338 e. The van der Waals surface area contributed by atoms with E-state index in [4.69, 9.17) is 0 Å². The average Bonchev–Trinajstić information content (AvgIpc) is 3.31. The predicted octanol–water partition coefficient (Wildman–Crippen LogP) is 2.62. The number of hydrogen-bond acceptors (Lipinski definition) is 6. The Kier molecular flexibility index (Phi) is 5.59. The minimum Gasteiger partial charge on any atom is -0.338 e. The number of tetrazole rings is 1. The van der Waals surface area contributed by atoms with Gasteiger partial charge in [-0.25, -0.2) is 4.68 Å². The Morgan fingerprint density at radius 3 is 2.93 bits per heavy atom. The second-order valence-corrected chi connectivity index (χ2v) is 8.91. The van der Waals surface area contributed by atoms with Crippen LogP contribution in [0.5, 0.6) is 0 Å². The number of amides is 1. The highest BCUT2D eigenvalue weighted by molar-refractivity contribution is 7.10. The average molecular weight is 401 g/mol. The van der Waals surface area contributed by atoms with Crippen molar-refractivity contribution in [2.75, 3.05) is 13.1 Å². The molecule has 0 bridgehead atoms. The molecule has 28 heavy (non-hydrogen) atoms. The first-order chi connectivity index (χ1) is 13.6. The molecule has 1 saturated carbocycles. The number of nitrogens with one attached hydrogen (secondary N) is 1. The topological polar surface area (TPSA) is 75.9 Å². The van der Waals surface area contributed by atoms with E-state index in [1.165, 1.54) is 34.9 Å². The molecule has 2 aromatic rings. The fraction of sp³-hybridized carbons (Fsp3) is 0.600. The maximum atomic E-state index is 12.1. The van der Waals surface area contributed by atoms with Crippen LogP contribution >= 0.6 is 11.3 Å². The summed E-state index contributed by atoms with van der Waals surface area (Å²) in [6.45, 7) is 10.3. The molecule has 150 valence electrons. The van der Waals surface area contributed by atoms with Crippen molar-refractivity contribution in [3.8, 4) is 0 Å². The van der Waals surface area contributed by atoms with E-state index < -0.39 is 0 Å². The van der Waals surface area contributed by atoms with Gasteiger partial charge in [0.2, 0.25) is 5.91 Å². The molecule has 2 aliphatic rings. The molecule has 7 nitrogen and oxygen atoms in total. The van der Waals surface area contributed by atoms with Gasteiger partial charge >= 0.3 is 0 Å². The van der Waals surface area contributed by atoms with E-state index in [1.807, 2.05) is 9.58 Å². The number of carbonyl (C=O) groups excluding carboxylic acids is 1. The Morgan fingerprint density at radius 2 is 2.25 bits per heavy atom. The molecule has 1 aliphatic heterocycles. The highest BCUT2D eigenvalue weighted by Crippen LogP contribution is 2.34. The summed E-state index contributed by atoms with van der Waals surface area (Å²) in [6, 6.07) is 0.145. The summed E-state index contributed by atoms with van der Waals surface area (Å²) in [4.78, 5) is 15.2. The van der Waals surface area contributed by atoms with E-state index in [1.54, 1.807) is 11.3 Å². The molecule has 4 rings (SSSR count). The smallest absolute Gasteiger partial charge is 0.246 e. The van der Waals surface area contributed by atoms with Gasteiger partial charge in [0.25, 0.3) is 0 Å². The molecule has 1 N–H and O–H groups in total. The summed E-state index contributed by atoms with van der Waals surface area (Å²) in [5, 5.41) is 18.7. The first-order valence-electron chi connectivity index (χ1n) is 10.0. The Balaban J connectivity index is 1.60. The van der Waals surface area contributed by atoms with Crippen molar-refractivity contribution in [2.24, 2.45) is 5.92 Å². The molecule has 1 saturated heterocycles. The summed E-state index contributed by atoms with van der Waals surface area (Å²) in [5.41, 5.74) is 2.58. The first-order valence-corrected chi connectivity index (χ1v) is 10.9. The number of nitrogens with zero attached hydrogens (tertiary/aromatic N) is 5. The number of hydrogen-bond donors (Lipinski definition) is 1. The summed E-state index contributed by atoms with van der Waals surface area (Å²) >= 11 is 1.76. The van der Waals surface area contributed by atoms with Crippen molar-refractivity contribution in [1.29, 1.82) is 0 Å². The lowest BCUT2D eigenvalue weighted by Gasteiger charge is -2.34. The van der Waals surface area contributed by atoms with Gasteiger partial charge in [-0.15, -0.1) is 16.4 Å². The van der Waals surface area contributed by atoms with Gasteiger partial charge in [-0.2, -0.15) is 0 Å². The van der Waals surface area contributed by atoms with E-state index in [9.17, 15) is 4.79 Å². The van der Waals surface area contributed by atoms with E-state index in [0.717, 1.165) is 31.8 Å². The fourth-order valence-electron chi connectivity index (χ4n) is 3.85. The zero-order chi connectivity index (χ0) is 19.7. The van der Waals surface area contributed by atoms with Crippen LogP contribution in [0.3, 0.4) is 0 Å². The van der Waals surface area contributed by atoms with E-state index in [0.29, 0.717) is 12.5 Å². The van der Waals surface area contributed by atoms with Crippen molar-refractivity contribution < 1.29 is 4.79 Å². The summed E-state index contributed by atoms with van der Waals surface area (Å²) in [6.07, 6.45) is 5.94. The zero-order valence-corrected chi connectivity index (χ0v) is 17.4. The Morgan fingerprint density at radius 1 is 1.43 bits per heavy atom. The third kappa shape index (κ3) is 4.03. The predicted molar refractivity (Wildman–Crippen MR) is 109 cm³/mol. The summed E-state index contributed by atoms with van der Waals surface area (Å²) < 4.78 is 1.97. The maximum Gasteiger partial charge on any atom is 0.246 e. The monoisotopic (exact) mass is 400 g/mol. The van der Waals surface area contributed by atoms with Crippen LogP contribution in [0.15, 0.2) is 18.0 Å². The molecule has 0 spiro atoms. The van der Waals surface area contributed by atoms with Crippen molar-refractivity contribution in [3.05, 3.63) is 39.9 Å². The second kappa shape index (κ2) is 8.13. The molecule has 1 amide bonds. The number of likely N-dealkylation sites (tertiary alicyclic amines) is 1. The molecule has 2 atom stereocenters. The van der Waals surface area contributed by atoms with Crippen LogP contribution in [0.2, 0.25) is 0 Å². The third-order valence-corrected chi connectivity index (χ3v) is 7.11. The molecule has 2 aromatic heterocycles. The van der Waals surface area contributed by atoms with Crippen LogP contribution in [-0.4, -0.2) is 50.1 Å². The standard InChI is InChI=1S/C20H28N6OS/c1-4-17(27)25-9-5-6-16(11-25)21-18(19-14(3)13(2)12-28-19)20-22-23-24-26(20)10-15-7-8-15/h4,12,15-16,18,21H,1,5-11H2,2-3H3. The van der Waals surface area contributed by atoms with Crippen LogP contribution < -0.4 is 5.32 Å². The lowest BCUT2D eigenvalue weighted by molar-refractivity contribution is -0.127. The maximum absolute atomic E-state index is 12.1. The van der Waals surface area contributed by atoms with Gasteiger partial charge in [0.15, 0.2) is 5.82 Å². The van der Waals surface area contributed by atoms with E-state index in [2.05, 4.69) is 46.6 Å². The van der Waals surface area contributed by atoms with Crippen LogP contribution in [-0.2, 0) is 11.3 Å². The Labute approximate surface area is 169 Å². The van der Waals surface area contributed by atoms with Crippen molar-refractivity contribution in [1.82, 2.24) is 30.4 Å². The van der Waals surface area contributed by atoms with Crippen molar-refractivity contribution in [3.63, 3.8) is 0 Å². The van der Waals surface area contributed by atoms with Gasteiger partial charge in [0.05, 0.1) is 0 Å². The number of aryl methyl sites for hydroxylation is 1. The lowest BCUT2D eigenvalue weighted by Crippen LogP contribution is -2.49. The normalized spacial score (nSPS) is 20.9. The van der Waals surface area contributed by atoms with Gasteiger partial charge in [-0.1, -0.05) is 6.58 Å². The SMILES string of the molecule is C=CC(=O)N1CCCC(NC(c2scc(C)c2C)c2nnnn2CC2CC2)C1. The molecular weight excluding hydrogens is 372 g/mol. The van der Waals surface area contributed by atoms with E-state index >= 15 is 0 Å². The molecule has 3 heterocycles. The quantitative estimate of drug-likeness (QED) is 0.723. The first kappa shape index (κ1) is 19.3. The highest BCUT2D eigenvalue weighted by atomic mass is 32.1. The van der Waals surface area contributed by atoms with Gasteiger partial charge in [0, 0.05) is 30.6 Å². The Bertz CT molecular complexity index is 855. The molecular formula is C20H28N6OS. The van der Waals surface area contributed by atoms with Gasteiger partial charge in [-0.3, -0.25) is 10.1 Å². The minimum absolute atomic E-state index is 0.00441. The fourth-order valence-corrected chi connectivity index (χ4v) is 4.97. The number of aromatic nitrogens is 4. The van der Waals surface area contributed by atoms with Gasteiger partial charge in [-0.05, 0) is 78.5 Å². The minimum atomic E-state index is -0.0590. The lowest BCUT2D eigenvalue weighted by atomic mass is 10.0. The molecule has 8 heteroatoms. The van der Waals surface area contributed by atoms with Crippen LogP contribution in [0.1, 0.15) is 53.6 Å². The van der Waals surface area contributed by atoms with Crippen molar-refractivity contribution >= 4 is 17.2 Å². The zero-order valence-electron chi connectivity index (χ0n) is 16.6. The second-order valence-electron chi connectivity index (χ2n) is 8.00. The number of piperidine rings is 1.